The van der Waals surface area contributed by atoms with Gasteiger partial charge in [0.15, 0.2) is 0 Å². The first kappa shape index (κ1) is 16.5. The molecule has 0 fully saturated rings. The fourth-order valence-corrected chi connectivity index (χ4v) is 1.88. The molecule has 3 heteroatoms. The van der Waals surface area contributed by atoms with Crippen molar-refractivity contribution in [1.29, 1.82) is 0 Å². The van der Waals surface area contributed by atoms with Crippen LogP contribution in [0.4, 0.5) is 0 Å². The van der Waals surface area contributed by atoms with Crippen molar-refractivity contribution >= 4 is 6.08 Å². The highest BCUT2D eigenvalue weighted by molar-refractivity contribution is 5.69. The molecule has 0 heterocycles. The third-order valence-electron chi connectivity index (χ3n) is 2.97. The number of aliphatic imine (C=N–C) groups is 1. The SMILES string of the molecule is CCCCCCCCN=C(OCC)Oc1ccccc1. The summed E-state index contributed by atoms with van der Waals surface area (Å²) >= 11 is 0. The molecule has 0 aliphatic rings. The molecule has 0 bridgehead atoms. The summed E-state index contributed by atoms with van der Waals surface area (Å²) in [5.41, 5.74) is 0. The van der Waals surface area contributed by atoms with Crippen LogP contribution in [0.1, 0.15) is 52.4 Å². The second-order valence-corrected chi connectivity index (χ2v) is 4.76. The van der Waals surface area contributed by atoms with E-state index >= 15 is 0 Å². The van der Waals surface area contributed by atoms with Gasteiger partial charge in [-0.25, -0.2) is 4.99 Å². The first-order valence-electron chi connectivity index (χ1n) is 7.77. The largest absolute Gasteiger partial charge is 0.451 e. The van der Waals surface area contributed by atoms with Crippen LogP contribution in [0.15, 0.2) is 35.3 Å². The summed E-state index contributed by atoms with van der Waals surface area (Å²) in [5.74, 6) is 0.766. The van der Waals surface area contributed by atoms with E-state index in [1.54, 1.807) is 0 Å². The van der Waals surface area contributed by atoms with E-state index in [4.69, 9.17) is 9.47 Å². The maximum Gasteiger partial charge on any atom is 0.389 e. The van der Waals surface area contributed by atoms with Crippen LogP contribution in [0, 0.1) is 0 Å². The monoisotopic (exact) mass is 277 g/mol. The molecule has 0 aromatic heterocycles. The second-order valence-electron chi connectivity index (χ2n) is 4.76. The van der Waals surface area contributed by atoms with Gasteiger partial charge in [-0.2, -0.15) is 0 Å². The van der Waals surface area contributed by atoms with Crippen LogP contribution in [0.25, 0.3) is 0 Å². The lowest BCUT2D eigenvalue weighted by atomic mass is 10.1. The highest BCUT2D eigenvalue weighted by Gasteiger charge is 2.02. The maximum absolute atomic E-state index is 5.63. The number of rotatable bonds is 9. The molecular formula is C17H27NO2. The molecule has 1 rings (SSSR count). The number of benzene rings is 1. The Bertz CT molecular complexity index is 363. The Morgan fingerprint density at radius 2 is 1.65 bits per heavy atom. The number of hydrogen-bond acceptors (Lipinski definition) is 3. The molecule has 0 amide bonds. The number of unbranched alkanes of at least 4 members (excludes halogenated alkanes) is 5. The molecule has 112 valence electrons. The third kappa shape index (κ3) is 7.82. The van der Waals surface area contributed by atoms with Gasteiger partial charge in [0.25, 0.3) is 0 Å². The van der Waals surface area contributed by atoms with Crippen LogP contribution in [-0.4, -0.2) is 19.2 Å². The van der Waals surface area contributed by atoms with Gasteiger partial charge in [0.1, 0.15) is 5.75 Å². The quantitative estimate of drug-likeness (QED) is 0.368. The van der Waals surface area contributed by atoms with Gasteiger partial charge in [-0.15, -0.1) is 0 Å². The molecule has 0 unspecified atom stereocenters. The van der Waals surface area contributed by atoms with Gasteiger partial charge >= 0.3 is 6.08 Å². The summed E-state index contributed by atoms with van der Waals surface area (Å²) in [7, 11) is 0. The van der Waals surface area contributed by atoms with E-state index in [9.17, 15) is 0 Å². The van der Waals surface area contributed by atoms with Crippen LogP contribution in [-0.2, 0) is 4.74 Å². The first-order chi connectivity index (χ1) is 9.86. The van der Waals surface area contributed by atoms with E-state index in [1.165, 1.54) is 32.1 Å². The highest BCUT2D eigenvalue weighted by atomic mass is 16.7. The van der Waals surface area contributed by atoms with E-state index < -0.39 is 0 Å². The van der Waals surface area contributed by atoms with Crippen LogP contribution in [0.5, 0.6) is 5.75 Å². The summed E-state index contributed by atoms with van der Waals surface area (Å²) in [5, 5.41) is 0. The number of para-hydroxylation sites is 1. The van der Waals surface area contributed by atoms with Crippen molar-refractivity contribution in [3.05, 3.63) is 30.3 Å². The van der Waals surface area contributed by atoms with Crippen LogP contribution in [0.2, 0.25) is 0 Å². The van der Waals surface area contributed by atoms with Gasteiger partial charge in [-0.1, -0.05) is 57.2 Å². The van der Waals surface area contributed by atoms with Crippen molar-refractivity contribution in [2.45, 2.75) is 52.4 Å². The van der Waals surface area contributed by atoms with E-state index in [0.29, 0.717) is 12.7 Å². The Labute approximate surface area is 123 Å². The van der Waals surface area contributed by atoms with Gasteiger partial charge in [-0.05, 0) is 25.5 Å². The normalized spacial score (nSPS) is 11.4. The third-order valence-corrected chi connectivity index (χ3v) is 2.97. The second kappa shape index (κ2) is 11.3. The van der Waals surface area contributed by atoms with Crippen molar-refractivity contribution in [3.8, 4) is 5.75 Å². The lowest BCUT2D eigenvalue weighted by molar-refractivity contribution is 0.248. The Morgan fingerprint density at radius 1 is 0.950 bits per heavy atom. The number of hydrogen-bond donors (Lipinski definition) is 0. The van der Waals surface area contributed by atoms with Crippen molar-refractivity contribution in [2.75, 3.05) is 13.2 Å². The van der Waals surface area contributed by atoms with Crippen LogP contribution >= 0.6 is 0 Å². The first-order valence-corrected chi connectivity index (χ1v) is 7.77. The molecular weight excluding hydrogens is 250 g/mol. The Morgan fingerprint density at radius 3 is 2.35 bits per heavy atom. The Balaban J connectivity index is 2.28. The molecule has 0 saturated heterocycles. The molecule has 20 heavy (non-hydrogen) atoms. The highest BCUT2D eigenvalue weighted by Crippen LogP contribution is 2.10. The van der Waals surface area contributed by atoms with Crippen molar-refractivity contribution in [1.82, 2.24) is 0 Å². The summed E-state index contributed by atoms with van der Waals surface area (Å²) in [6, 6.07) is 9.64. The molecule has 0 saturated carbocycles. The summed E-state index contributed by atoms with van der Waals surface area (Å²) in [4.78, 5) is 4.40. The fraction of sp³-hybridized carbons (Fsp3) is 0.588. The lowest BCUT2D eigenvalue weighted by Crippen LogP contribution is -2.14. The smallest absolute Gasteiger partial charge is 0.389 e. The number of ether oxygens (including phenoxy) is 2. The molecule has 0 aliphatic heterocycles. The Kier molecular flexibility index (Phi) is 9.37. The average Bonchev–Trinajstić information content (AvgIpc) is 2.47. The molecule has 0 radical (unpaired) electrons. The minimum atomic E-state index is 0.382. The minimum absolute atomic E-state index is 0.382. The van der Waals surface area contributed by atoms with Crippen LogP contribution < -0.4 is 4.74 Å². The lowest BCUT2D eigenvalue weighted by Gasteiger charge is -2.08. The molecule has 0 aliphatic carbocycles. The predicted octanol–water partition coefficient (Wildman–Crippen LogP) is 4.82. The molecule has 0 spiro atoms. The molecule has 1 aromatic rings. The minimum Gasteiger partial charge on any atom is -0.451 e. The van der Waals surface area contributed by atoms with Gasteiger partial charge in [0, 0.05) is 6.54 Å². The van der Waals surface area contributed by atoms with Gasteiger partial charge in [0.05, 0.1) is 6.61 Å². The molecule has 1 aromatic carbocycles. The van der Waals surface area contributed by atoms with Gasteiger partial charge < -0.3 is 9.47 Å². The predicted molar refractivity (Wildman–Crippen MR) is 84.4 cm³/mol. The van der Waals surface area contributed by atoms with E-state index in [2.05, 4.69) is 11.9 Å². The van der Waals surface area contributed by atoms with Gasteiger partial charge in [0.2, 0.25) is 0 Å². The van der Waals surface area contributed by atoms with E-state index in [1.807, 2.05) is 37.3 Å². The van der Waals surface area contributed by atoms with Crippen molar-refractivity contribution < 1.29 is 9.47 Å². The average molecular weight is 277 g/mol. The number of nitrogens with zero attached hydrogens (tertiary/aromatic N) is 1. The molecule has 3 nitrogen and oxygen atoms in total. The van der Waals surface area contributed by atoms with Crippen LogP contribution in [0.3, 0.4) is 0 Å². The molecule has 0 N–H and O–H groups in total. The summed E-state index contributed by atoms with van der Waals surface area (Å²) < 4.78 is 11.0. The topological polar surface area (TPSA) is 30.8 Å². The summed E-state index contributed by atoms with van der Waals surface area (Å²) in [6.07, 6.45) is 7.97. The summed E-state index contributed by atoms with van der Waals surface area (Å²) in [6.45, 7) is 5.52. The maximum atomic E-state index is 5.63. The molecule has 0 atom stereocenters. The van der Waals surface area contributed by atoms with Gasteiger partial charge in [-0.3, -0.25) is 0 Å². The van der Waals surface area contributed by atoms with Crippen molar-refractivity contribution in [3.63, 3.8) is 0 Å². The zero-order valence-electron chi connectivity index (χ0n) is 12.8. The van der Waals surface area contributed by atoms with E-state index in [-0.39, 0.29) is 0 Å². The zero-order chi connectivity index (χ0) is 14.5. The zero-order valence-corrected chi connectivity index (χ0v) is 12.8. The van der Waals surface area contributed by atoms with Crippen molar-refractivity contribution in [2.24, 2.45) is 4.99 Å². The fourth-order valence-electron chi connectivity index (χ4n) is 1.88. The Hall–Kier alpha value is -1.51. The van der Waals surface area contributed by atoms with E-state index in [0.717, 1.165) is 18.7 Å². The standard InChI is InChI=1S/C17H27NO2/c1-3-5-6-7-8-12-15-18-17(19-4-2)20-16-13-10-9-11-14-16/h9-11,13-14H,3-8,12,15H2,1-2H3.